The van der Waals surface area contributed by atoms with Gasteiger partial charge in [-0.1, -0.05) is 18.2 Å². The van der Waals surface area contributed by atoms with Crippen LogP contribution in [-0.4, -0.2) is 41.4 Å². The number of thioether (sulfide) groups is 1. The lowest BCUT2D eigenvalue weighted by atomic mass is 10.1. The maximum absolute atomic E-state index is 13.8. The second kappa shape index (κ2) is 9.73. The van der Waals surface area contributed by atoms with Crippen molar-refractivity contribution in [1.82, 2.24) is 10.2 Å². The van der Waals surface area contributed by atoms with Gasteiger partial charge in [-0.2, -0.15) is 11.8 Å². The molecule has 8 heteroatoms. The van der Waals surface area contributed by atoms with Crippen molar-refractivity contribution in [2.75, 3.05) is 29.9 Å². The Hall–Kier alpha value is -2.61. The summed E-state index contributed by atoms with van der Waals surface area (Å²) in [7, 11) is 0. The third-order valence-corrected chi connectivity index (χ3v) is 5.65. The zero-order chi connectivity index (χ0) is 20.8. The lowest BCUT2D eigenvalue weighted by Gasteiger charge is -2.26. The highest BCUT2D eigenvalue weighted by molar-refractivity contribution is 7.99. The number of amides is 3. The molecular weight excluding hydrogens is 396 g/mol. The molecule has 0 aromatic heterocycles. The standard InChI is InChI=1S/C21H23F2N3O2S/c1-14(18-7-4-16(22)13-19(18)23)24-21(28)25-17-5-2-15(3-6-17)12-20(27)26-8-10-29-11-9-26/h2-7,13-14H,8-12H2,1H3,(H2,24,25,28). The minimum Gasteiger partial charge on any atom is -0.341 e. The number of rotatable bonds is 5. The van der Waals surface area contributed by atoms with Crippen molar-refractivity contribution < 1.29 is 18.4 Å². The van der Waals surface area contributed by atoms with Gasteiger partial charge in [0.2, 0.25) is 5.91 Å². The first-order valence-corrected chi connectivity index (χ1v) is 10.5. The van der Waals surface area contributed by atoms with Crippen molar-refractivity contribution in [3.05, 3.63) is 65.2 Å². The number of nitrogens with one attached hydrogen (secondary N) is 2. The number of benzene rings is 2. The van der Waals surface area contributed by atoms with Gasteiger partial charge in [0.25, 0.3) is 0 Å². The smallest absolute Gasteiger partial charge is 0.319 e. The number of hydrogen-bond donors (Lipinski definition) is 2. The van der Waals surface area contributed by atoms with E-state index in [1.165, 1.54) is 6.07 Å². The molecule has 3 amide bonds. The van der Waals surface area contributed by atoms with E-state index in [-0.39, 0.29) is 11.5 Å². The van der Waals surface area contributed by atoms with Crippen LogP contribution in [0.1, 0.15) is 24.1 Å². The number of carbonyl (C=O) groups excluding carboxylic acids is 2. The summed E-state index contributed by atoms with van der Waals surface area (Å²) in [6, 6.07) is 9.15. The Morgan fingerprint density at radius 1 is 1.10 bits per heavy atom. The van der Waals surface area contributed by atoms with Crippen molar-refractivity contribution in [2.45, 2.75) is 19.4 Å². The normalized spacial score (nSPS) is 14.9. The molecule has 1 aliphatic rings. The first-order valence-electron chi connectivity index (χ1n) is 9.39. The second-order valence-electron chi connectivity index (χ2n) is 6.85. The molecule has 3 rings (SSSR count). The third-order valence-electron chi connectivity index (χ3n) is 4.71. The average Bonchev–Trinajstić information content (AvgIpc) is 2.70. The van der Waals surface area contributed by atoms with Crippen LogP contribution in [0.2, 0.25) is 0 Å². The third kappa shape index (κ3) is 5.93. The van der Waals surface area contributed by atoms with Crippen molar-refractivity contribution in [3.63, 3.8) is 0 Å². The van der Waals surface area contributed by atoms with Gasteiger partial charge in [-0.3, -0.25) is 4.79 Å². The Kier molecular flexibility index (Phi) is 7.09. The maximum Gasteiger partial charge on any atom is 0.319 e. The largest absolute Gasteiger partial charge is 0.341 e. The molecule has 29 heavy (non-hydrogen) atoms. The summed E-state index contributed by atoms with van der Waals surface area (Å²) in [6.07, 6.45) is 0.331. The van der Waals surface area contributed by atoms with Crippen molar-refractivity contribution in [3.8, 4) is 0 Å². The summed E-state index contributed by atoms with van der Waals surface area (Å²) in [6.45, 7) is 3.19. The number of urea groups is 1. The van der Waals surface area contributed by atoms with E-state index in [1.54, 1.807) is 31.2 Å². The Labute approximate surface area is 172 Å². The Morgan fingerprint density at radius 2 is 1.79 bits per heavy atom. The van der Waals surface area contributed by atoms with Gasteiger partial charge in [0.05, 0.1) is 12.5 Å². The van der Waals surface area contributed by atoms with E-state index in [9.17, 15) is 18.4 Å². The van der Waals surface area contributed by atoms with Crippen LogP contribution in [0.3, 0.4) is 0 Å². The van der Waals surface area contributed by atoms with E-state index in [0.29, 0.717) is 12.1 Å². The van der Waals surface area contributed by atoms with E-state index in [1.807, 2.05) is 16.7 Å². The average molecular weight is 419 g/mol. The minimum atomic E-state index is -0.709. The minimum absolute atomic E-state index is 0.110. The highest BCUT2D eigenvalue weighted by Crippen LogP contribution is 2.18. The summed E-state index contributed by atoms with van der Waals surface area (Å²) in [5, 5.41) is 5.29. The van der Waals surface area contributed by atoms with Gasteiger partial charge in [0.15, 0.2) is 0 Å². The van der Waals surface area contributed by atoms with Gasteiger partial charge in [0, 0.05) is 41.9 Å². The first-order chi connectivity index (χ1) is 13.9. The topological polar surface area (TPSA) is 61.4 Å². The molecule has 1 fully saturated rings. The first kappa shape index (κ1) is 21.1. The van der Waals surface area contributed by atoms with Crippen LogP contribution >= 0.6 is 11.8 Å². The molecule has 0 saturated carbocycles. The van der Waals surface area contributed by atoms with E-state index >= 15 is 0 Å². The van der Waals surface area contributed by atoms with Crippen LogP contribution in [0.4, 0.5) is 19.3 Å². The molecule has 1 saturated heterocycles. The predicted octanol–water partition coefficient (Wildman–Crippen LogP) is 3.97. The highest BCUT2D eigenvalue weighted by atomic mass is 32.2. The summed E-state index contributed by atoms with van der Waals surface area (Å²) in [4.78, 5) is 26.4. The van der Waals surface area contributed by atoms with E-state index in [2.05, 4.69) is 10.6 Å². The van der Waals surface area contributed by atoms with Gasteiger partial charge in [-0.25, -0.2) is 13.6 Å². The summed E-state index contributed by atoms with van der Waals surface area (Å²) >= 11 is 1.86. The molecule has 0 radical (unpaired) electrons. The quantitative estimate of drug-likeness (QED) is 0.771. The summed E-state index contributed by atoms with van der Waals surface area (Å²) in [5.74, 6) is 0.687. The van der Waals surface area contributed by atoms with Gasteiger partial charge >= 0.3 is 6.03 Å². The lowest BCUT2D eigenvalue weighted by molar-refractivity contribution is -0.130. The number of halogens is 2. The molecule has 2 N–H and O–H groups in total. The van der Waals surface area contributed by atoms with Crippen molar-refractivity contribution in [2.24, 2.45) is 0 Å². The van der Waals surface area contributed by atoms with Crippen LogP contribution in [-0.2, 0) is 11.2 Å². The highest BCUT2D eigenvalue weighted by Gasteiger charge is 2.17. The Bertz CT molecular complexity index is 871. The molecule has 0 spiro atoms. The molecular formula is C21H23F2N3O2S. The zero-order valence-corrected chi connectivity index (χ0v) is 16.9. The molecule has 1 aliphatic heterocycles. The lowest BCUT2D eigenvalue weighted by Crippen LogP contribution is -2.38. The fourth-order valence-electron chi connectivity index (χ4n) is 3.10. The number of anilines is 1. The van der Waals surface area contributed by atoms with Gasteiger partial charge in [0.1, 0.15) is 11.6 Å². The second-order valence-corrected chi connectivity index (χ2v) is 8.08. The monoisotopic (exact) mass is 419 g/mol. The van der Waals surface area contributed by atoms with Crippen molar-refractivity contribution >= 4 is 29.4 Å². The SMILES string of the molecule is CC(NC(=O)Nc1ccc(CC(=O)N2CCSCC2)cc1)c1ccc(F)cc1F. The molecule has 154 valence electrons. The van der Waals surface area contributed by atoms with Crippen molar-refractivity contribution in [1.29, 1.82) is 0 Å². The van der Waals surface area contributed by atoms with Gasteiger partial charge < -0.3 is 15.5 Å². The van der Waals surface area contributed by atoms with Crippen LogP contribution in [0.5, 0.6) is 0 Å². The molecule has 1 unspecified atom stereocenters. The molecule has 2 aromatic carbocycles. The van der Waals surface area contributed by atoms with Gasteiger partial charge in [-0.05, 0) is 30.7 Å². The molecule has 5 nitrogen and oxygen atoms in total. The maximum atomic E-state index is 13.8. The Balaban J connectivity index is 1.52. The zero-order valence-electron chi connectivity index (χ0n) is 16.1. The number of carbonyl (C=O) groups is 2. The number of hydrogen-bond acceptors (Lipinski definition) is 3. The summed E-state index contributed by atoms with van der Waals surface area (Å²) < 4.78 is 26.8. The van der Waals surface area contributed by atoms with Crippen LogP contribution in [0, 0.1) is 11.6 Å². The summed E-state index contributed by atoms with van der Waals surface area (Å²) in [5.41, 5.74) is 1.63. The molecule has 0 bridgehead atoms. The van der Waals surface area contributed by atoms with E-state index < -0.39 is 23.7 Å². The van der Waals surface area contributed by atoms with E-state index in [0.717, 1.165) is 42.3 Å². The Morgan fingerprint density at radius 3 is 2.45 bits per heavy atom. The van der Waals surface area contributed by atoms with Crippen LogP contribution in [0.15, 0.2) is 42.5 Å². The fraction of sp³-hybridized carbons (Fsp3) is 0.333. The molecule has 2 aromatic rings. The molecule has 0 aliphatic carbocycles. The van der Waals surface area contributed by atoms with Gasteiger partial charge in [-0.15, -0.1) is 0 Å². The van der Waals surface area contributed by atoms with Crippen LogP contribution in [0.25, 0.3) is 0 Å². The van der Waals surface area contributed by atoms with E-state index in [4.69, 9.17) is 0 Å². The number of nitrogens with zero attached hydrogens (tertiary/aromatic N) is 1. The molecule has 1 heterocycles. The van der Waals surface area contributed by atoms with Crippen LogP contribution < -0.4 is 10.6 Å². The fourth-order valence-corrected chi connectivity index (χ4v) is 4.00. The molecule has 1 atom stereocenters. The predicted molar refractivity (Wildman–Crippen MR) is 111 cm³/mol.